The Labute approximate surface area is 90.2 Å². The molecular weight excluding hydrogens is 193 g/mol. The summed E-state index contributed by atoms with van der Waals surface area (Å²) in [6, 6.07) is 5.62. The minimum absolute atomic E-state index is 0.274. The quantitative estimate of drug-likeness (QED) is 0.812. The average Bonchev–Trinajstić information content (AvgIpc) is 2.28. The number of methoxy groups -OCH3 is 1. The van der Waals surface area contributed by atoms with E-state index in [1.54, 1.807) is 13.2 Å². The Morgan fingerprint density at radius 2 is 2.20 bits per heavy atom. The number of rotatable bonds is 5. The van der Waals surface area contributed by atoms with E-state index < -0.39 is 6.67 Å². The molecule has 0 saturated heterocycles. The Hall–Kier alpha value is -1.09. The monoisotopic (exact) mass is 211 g/mol. The molecule has 0 aliphatic rings. The van der Waals surface area contributed by atoms with Gasteiger partial charge in [-0.3, -0.25) is 0 Å². The van der Waals surface area contributed by atoms with Gasteiger partial charge in [-0.15, -0.1) is 0 Å². The van der Waals surface area contributed by atoms with Gasteiger partial charge in [-0.25, -0.2) is 4.39 Å². The van der Waals surface area contributed by atoms with Gasteiger partial charge < -0.3 is 10.5 Å². The van der Waals surface area contributed by atoms with E-state index in [1.165, 1.54) is 0 Å². The molecule has 15 heavy (non-hydrogen) atoms. The molecule has 0 fully saturated rings. The van der Waals surface area contributed by atoms with Gasteiger partial charge in [0.15, 0.2) is 0 Å². The van der Waals surface area contributed by atoms with Crippen molar-refractivity contribution in [3.63, 3.8) is 0 Å². The number of halogens is 1. The van der Waals surface area contributed by atoms with Gasteiger partial charge in [-0.05, 0) is 30.5 Å². The normalized spacial score (nSPS) is 12.5. The Morgan fingerprint density at radius 1 is 1.47 bits per heavy atom. The molecule has 0 aliphatic carbocycles. The number of benzene rings is 1. The molecule has 1 rings (SSSR count). The lowest BCUT2D eigenvalue weighted by atomic mass is 9.93. The molecule has 1 aromatic rings. The number of hydrogen-bond donors (Lipinski definition) is 1. The maximum Gasteiger partial charge on any atom is 0.124 e. The zero-order valence-electron chi connectivity index (χ0n) is 9.29. The summed E-state index contributed by atoms with van der Waals surface area (Å²) in [6.45, 7) is 2.18. The van der Waals surface area contributed by atoms with Crippen LogP contribution in [0.4, 0.5) is 4.39 Å². The van der Waals surface area contributed by atoms with Crippen LogP contribution in [0.15, 0.2) is 18.2 Å². The first-order chi connectivity index (χ1) is 7.24. The lowest BCUT2D eigenvalue weighted by molar-refractivity contribution is 0.391. The fourth-order valence-corrected chi connectivity index (χ4v) is 1.78. The van der Waals surface area contributed by atoms with Gasteiger partial charge in [-0.1, -0.05) is 19.1 Å². The highest BCUT2D eigenvalue weighted by atomic mass is 19.1. The van der Waals surface area contributed by atoms with Gasteiger partial charge in [0.2, 0.25) is 0 Å². The van der Waals surface area contributed by atoms with Crippen LogP contribution in [0.2, 0.25) is 0 Å². The Bertz CT molecular complexity index is 314. The molecule has 0 radical (unpaired) electrons. The molecule has 0 amide bonds. The second kappa shape index (κ2) is 5.71. The Morgan fingerprint density at radius 3 is 2.73 bits per heavy atom. The van der Waals surface area contributed by atoms with E-state index in [9.17, 15) is 4.39 Å². The predicted molar refractivity (Wildman–Crippen MR) is 59.9 cm³/mol. The summed E-state index contributed by atoms with van der Waals surface area (Å²) >= 11 is 0. The van der Waals surface area contributed by atoms with E-state index in [-0.39, 0.29) is 5.92 Å². The van der Waals surface area contributed by atoms with Crippen molar-refractivity contribution in [2.24, 2.45) is 5.73 Å². The molecule has 1 atom stereocenters. The van der Waals surface area contributed by atoms with E-state index >= 15 is 0 Å². The van der Waals surface area contributed by atoms with Crippen LogP contribution in [-0.4, -0.2) is 13.7 Å². The van der Waals surface area contributed by atoms with Crippen LogP contribution in [0.5, 0.6) is 5.75 Å². The highest BCUT2D eigenvalue weighted by molar-refractivity contribution is 5.41. The van der Waals surface area contributed by atoms with Crippen molar-refractivity contribution in [1.29, 1.82) is 0 Å². The van der Waals surface area contributed by atoms with Gasteiger partial charge in [0.05, 0.1) is 7.11 Å². The van der Waals surface area contributed by atoms with Crippen molar-refractivity contribution >= 4 is 0 Å². The molecule has 0 aliphatic heterocycles. The van der Waals surface area contributed by atoms with Crippen LogP contribution in [0.25, 0.3) is 0 Å². The molecule has 0 bridgehead atoms. The molecule has 0 saturated carbocycles. The van der Waals surface area contributed by atoms with E-state index in [4.69, 9.17) is 10.5 Å². The van der Waals surface area contributed by atoms with Crippen LogP contribution in [0.3, 0.4) is 0 Å². The van der Waals surface area contributed by atoms with Crippen LogP contribution >= 0.6 is 0 Å². The van der Waals surface area contributed by atoms with Crippen LogP contribution in [0.1, 0.15) is 30.4 Å². The van der Waals surface area contributed by atoms with Crippen LogP contribution < -0.4 is 10.5 Å². The fraction of sp³-hybridized carbons (Fsp3) is 0.500. The van der Waals surface area contributed by atoms with Gasteiger partial charge in [-0.2, -0.15) is 0 Å². The summed E-state index contributed by atoms with van der Waals surface area (Å²) < 4.78 is 18.1. The molecule has 2 nitrogen and oxygen atoms in total. The molecular formula is C12H18FNO. The molecule has 0 spiro atoms. The van der Waals surface area contributed by atoms with E-state index in [1.807, 2.05) is 12.1 Å². The maximum atomic E-state index is 12.9. The van der Waals surface area contributed by atoms with Crippen molar-refractivity contribution < 1.29 is 9.13 Å². The second-order valence-corrected chi connectivity index (χ2v) is 3.64. The van der Waals surface area contributed by atoms with Crippen molar-refractivity contribution in [3.8, 4) is 5.75 Å². The third-order valence-electron chi connectivity index (χ3n) is 2.65. The topological polar surface area (TPSA) is 35.2 Å². The summed E-state index contributed by atoms with van der Waals surface area (Å²) in [5.41, 5.74) is 7.16. The highest BCUT2D eigenvalue weighted by Gasteiger charge is 2.13. The molecule has 1 unspecified atom stereocenters. The average molecular weight is 211 g/mol. The van der Waals surface area contributed by atoms with E-state index in [0.29, 0.717) is 17.9 Å². The van der Waals surface area contributed by atoms with E-state index in [2.05, 4.69) is 6.92 Å². The maximum absolute atomic E-state index is 12.9. The number of hydrogen-bond acceptors (Lipinski definition) is 2. The SMILES string of the molecule is COc1cccc(C(C)CCN)c1CF. The van der Waals surface area contributed by atoms with Gasteiger partial charge in [0.1, 0.15) is 12.4 Å². The molecule has 2 N–H and O–H groups in total. The second-order valence-electron chi connectivity index (χ2n) is 3.64. The summed E-state index contributed by atoms with van der Waals surface area (Å²) in [4.78, 5) is 0. The standard InChI is InChI=1S/C12H18FNO/c1-9(6-7-14)10-4-3-5-12(15-2)11(10)8-13/h3-5,9H,6-8,14H2,1-2H3. The lowest BCUT2D eigenvalue weighted by Gasteiger charge is -2.16. The first-order valence-electron chi connectivity index (χ1n) is 5.16. The number of alkyl halides is 1. The van der Waals surface area contributed by atoms with E-state index in [0.717, 1.165) is 12.0 Å². The lowest BCUT2D eigenvalue weighted by Crippen LogP contribution is -2.07. The zero-order valence-corrected chi connectivity index (χ0v) is 9.29. The molecule has 84 valence electrons. The molecule has 0 heterocycles. The highest BCUT2D eigenvalue weighted by Crippen LogP contribution is 2.30. The first-order valence-corrected chi connectivity index (χ1v) is 5.16. The Balaban J connectivity index is 3.05. The summed E-state index contributed by atoms with van der Waals surface area (Å²) in [5.74, 6) is 0.898. The molecule has 0 aromatic heterocycles. The third kappa shape index (κ3) is 2.69. The van der Waals surface area contributed by atoms with Crippen molar-refractivity contribution in [1.82, 2.24) is 0 Å². The largest absolute Gasteiger partial charge is 0.496 e. The van der Waals surface area contributed by atoms with Crippen molar-refractivity contribution in [3.05, 3.63) is 29.3 Å². The smallest absolute Gasteiger partial charge is 0.124 e. The molecule has 3 heteroatoms. The first kappa shape index (κ1) is 12.0. The minimum Gasteiger partial charge on any atom is -0.496 e. The predicted octanol–water partition coefficient (Wildman–Crippen LogP) is 2.62. The summed E-state index contributed by atoms with van der Waals surface area (Å²) in [6.07, 6.45) is 0.861. The fourth-order valence-electron chi connectivity index (χ4n) is 1.78. The zero-order chi connectivity index (χ0) is 11.3. The summed E-state index contributed by atoms with van der Waals surface area (Å²) in [5, 5.41) is 0. The van der Waals surface area contributed by atoms with Crippen molar-refractivity contribution in [2.45, 2.75) is 25.9 Å². The van der Waals surface area contributed by atoms with Crippen LogP contribution in [0, 0.1) is 0 Å². The minimum atomic E-state index is -0.492. The van der Waals surface area contributed by atoms with Gasteiger partial charge >= 0.3 is 0 Å². The number of nitrogens with two attached hydrogens (primary N) is 1. The van der Waals surface area contributed by atoms with Crippen LogP contribution in [-0.2, 0) is 6.67 Å². The third-order valence-corrected chi connectivity index (χ3v) is 2.65. The molecule has 1 aromatic carbocycles. The Kier molecular flexibility index (Phi) is 4.56. The van der Waals surface area contributed by atoms with Crippen molar-refractivity contribution in [2.75, 3.05) is 13.7 Å². The number of ether oxygens (including phenoxy) is 1. The van der Waals surface area contributed by atoms with Gasteiger partial charge in [0, 0.05) is 5.56 Å². The van der Waals surface area contributed by atoms with Gasteiger partial charge in [0.25, 0.3) is 0 Å². The summed E-state index contributed by atoms with van der Waals surface area (Å²) in [7, 11) is 1.56.